The molecule has 2 saturated heterocycles. The molecule has 4 aromatic rings. The van der Waals surface area contributed by atoms with Crippen LogP contribution < -0.4 is 25.6 Å². The summed E-state index contributed by atoms with van der Waals surface area (Å²) in [6, 6.07) is 25.6. The van der Waals surface area contributed by atoms with E-state index in [0.29, 0.717) is 43.4 Å². The van der Waals surface area contributed by atoms with Crippen molar-refractivity contribution >= 4 is 45.9 Å². The smallest absolute Gasteiger partial charge is 0.336 e. The van der Waals surface area contributed by atoms with E-state index in [4.69, 9.17) is 9.97 Å². The monoisotopic (exact) mass is 550 g/mol. The maximum absolute atomic E-state index is 12.9. The summed E-state index contributed by atoms with van der Waals surface area (Å²) in [5.74, 6) is 1.59. The summed E-state index contributed by atoms with van der Waals surface area (Å²) in [5, 5.41) is 1.05. The lowest BCUT2D eigenvalue weighted by Gasteiger charge is -2.38. The van der Waals surface area contributed by atoms with Crippen LogP contribution in [0, 0.1) is 0 Å². The molecular weight excluding hydrogens is 516 g/mol. The summed E-state index contributed by atoms with van der Waals surface area (Å²) >= 11 is 0. The molecule has 10 nitrogen and oxygen atoms in total. The van der Waals surface area contributed by atoms with Gasteiger partial charge in [0.2, 0.25) is 5.95 Å². The Morgan fingerprint density at radius 2 is 1.32 bits per heavy atom. The number of amides is 2. The van der Waals surface area contributed by atoms with Crippen LogP contribution in [0.1, 0.15) is 17.3 Å². The molecule has 2 aliphatic rings. The molecule has 10 heteroatoms. The minimum Gasteiger partial charge on any atom is -0.368 e. The van der Waals surface area contributed by atoms with Gasteiger partial charge in [-0.3, -0.25) is 15.6 Å². The number of benzene rings is 3. The molecule has 3 aromatic carbocycles. The second kappa shape index (κ2) is 11.7. The zero-order chi connectivity index (χ0) is 28.2. The number of Topliss-reactive ketones (excluding diaryl/α,β-unsaturated/α-hetero) is 1. The van der Waals surface area contributed by atoms with Crippen molar-refractivity contribution in [2.45, 2.75) is 6.92 Å². The molecule has 2 aliphatic heterocycles. The highest BCUT2D eigenvalue weighted by molar-refractivity contribution is 5.99. The van der Waals surface area contributed by atoms with Gasteiger partial charge in [-0.25, -0.2) is 9.78 Å². The van der Waals surface area contributed by atoms with Gasteiger partial charge in [-0.1, -0.05) is 42.5 Å². The Balaban J connectivity index is 1.12. The second-order valence-corrected chi connectivity index (χ2v) is 10.3. The number of anilines is 4. The Morgan fingerprint density at radius 3 is 2.07 bits per heavy atom. The summed E-state index contributed by atoms with van der Waals surface area (Å²) in [5.41, 5.74) is 8.92. The molecular formula is C31H34N8O2. The van der Waals surface area contributed by atoms with Gasteiger partial charge in [0.05, 0.1) is 11.2 Å². The van der Waals surface area contributed by atoms with Gasteiger partial charge in [0.1, 0.15) is 5.82 Å². The molecule has 2 fully saturated rings. The van der Waals surface area contributed by atoms with Gasteiger partial charge in [0.25, 0.3) is 0 Å². The summed E-state index contributed by atoms with van der Waals surface area (Å²) in [6.07, 6.45) is 0. The van der Waals surface area contributed by atoms with Gasteiger partial charge in [0.15, 0.2) is 5.78 Å². The lowest BCUT2D eigenvalue weighted by molar-refractivity contribution is 0.101. The van der Waals surface area contributed by atoms with Crippen LogP contribution in [0.5, 0.6) is 0 Å². The van der Waals surface area contributed by atoms with Gasteiger partial charge in [-0.05, 0) is 43.3 Å². The molecule has 0 unspecified atom stereocenters. The predicted molar refractivity (Wildman–Crippen MR) is 163 cm³/mol. The van der Waals surface area contributed by atoms with E-state index >= 15 is 0 Å². The molecule has 210 valence electrons. The number of hydrogen-bond acceptors (Lipinski definition) is 8. The first-order chi connectivity index (χ1) is 20.1. The number of nitrogens with one attached hydrogen (secondary N) is 2. The number of hydrogen-bond donors (Lipinski definition) is 2. The number of hydrazine groups is 1. The Labute approximate surface area is 239 Å². The minimum absolute atomic E-state index is 0.0659. The second-order valence-electron chi connectivity index (χ2n) is 10.3. The van der Waals surface area contributed by atoms with Crippen LogP contribution >= 0.6 is 0 Å². The summed E-state index contributed by atoms with van der Waals surface area (Å²) in [7, 11) is 0. The van der Waals surface area contributed by atoms with Crippen LogP contribution in [0.2, 0.25) is 0 Å². The van der Waals surface area contributed by atoms with Gasteiger partial charge in [-0.2, -0.15) is 4.98 Å². The Hall–Kier alpha value is -4.86. The number of ketones is 1. The quantitative estimate of drug-likeness (QED) is 0.275. The third kappa shape index (κ3) is 5.72. The number of nitrogens with zero attached hydrogens (tertiary/aromatic N) is 6. The number of fused-ring (bicyclic) bond motifs is 1. The van der Waals surface area contributed by atoms with E-state index < -0.39 is 0 Å². The van der Waals surface area contributed by atoms with E-state index in [1.54, 1.807) is 23.1 Å². The summed E-state index contributed by atoms with van der Waals surface area (Å²) in [4.78, 5) is 43.4. The average molecular weight is 551 g/mol. The molecule has 1 aromatic heterocycles. The topological polar surface area (TPSA) is 96.9 Å². The molecule has 41 heavy (non-hydrogen) atoms. The zero-order valence-corrected chi connectivity index (χ0v) is 23.2. The number of urea groups is 1. The minimum atomic E-state index is -0.237. The highest BCUT2D eigenvalue weighted by atomic mass is 16.2. The van der Waals surface area contributed by atoms with Gasteiger partial charge < -0.3 is 19.6 Å². The highest BCUT2D eigenvalue weighted by Gasteiger charge is 2.26. The van der Waals surface area contributed by atoms with Crippen LogP contribution in [-0.2, 0) is 0 Å². The third-order valence-electron chi connectivity index (χ3n) is 7.73. The highest BCUT2D eigenvalue weighted by Crippen LogP contribution is 2.29. The van der Waals surface area contributed by atoms with E-state index in [1.165, 1.54) is 12.6 Å². The maximum Gasteiger partial charge on any atom is 0.336 e. The number of carbonyl (C=O) groups excluding carboxylic acids is 2. The van der Waals surface area contributed by atoms with Crippen molar-refractivity contribution in [1.29, 1.82) is 0 Å². The van der Waals surface area contributed by atoms with Crippen LogP contribution in [0.4, 0.5) is 27.9 Å². The number of carbonyl (C=O) groups is 2. The fraction of sp³-hybridized carbons (Fsp3) is 0.290. The third-order valence-corrected chi connectivity index (χ3v) is 7.73. The standard InChI is InChI=1S/C31H34N8O2/c1-23(40)25-11-5-8-14-28(25)34-35-31(41)39-21-19-38(20-22-39)30-32-27-13-7-6-12-26(27)29(33-30)37-17-15-36(16-18-37)24-9-3-2-4-10-24/h2-14,34H,15-22H2,1H3,(H,35,41). The van der Waals surface area contributed by atoms with Crippen molar-refractivity contribution in [2.75, 3.05) is 72.5 Å². The van der Waals surface area contributed by atoms with E-state index in [0.717, 1.165) is 42.9 Å². The number of piperazine rings is 2. The average Bonchev–Trinajstić information content (AvgIpc) is 3.04. The first-order valence-electron chi connectivity index (χ1n) is 14.0. The van der Waals surface area contributed by atoms with Crippen LogP contribution in [-0.4, -0.2) is 79.0 Å². The van der Waals surface area contributed by atoms with Crippen LogP contribution in [0.25, 0.3) is 10.9 Å². The van der Waals surface area contributed by atoms with E-state index in [1.807, 2.05) is 30.3 Å². The van der Waals surface area contributed by atoms with E-state index in [-0.39, 0.29) is 11.8 Å². The van der Waals surface area contributed by atoms with Crippen LogP contribution in [0.3, 0.4) is 0 Å². The molecule has 3 heterocycles. The molecule has 0 saturated carbocycles. The SMILES string of the molecule is CC(=O)c1ccccc1NNC(=O)N1CCN(c2nc(N3CCN(c4ccccc4)CC3)c3ccccc3n2)CC1. The molecule has 2 N–H and O–H groups in total. The van der Waals surface area contributed by atoms with Crippen molar-refractivity contribution in [2.24, 2.45) is 0 Å². The molecule has 6 rings (SSSR count). The Morgan fingerprint density at radius 1 is 0.683 bits per heavy atom. The van der Waals surface area contributed by atoms with Gasteiger partial charge >= 0.3 is 6.03 Å². The Bertz CT molecular complexity index is 1530. The van der Waals surface area contributed by atoms with E-state index in [9.17, 15) is 9.59 Å². The molecule has 2 amide bonds. The first kappa shape index (κ1) is 26.4. The molecule has 0 bridgehead atoms. The van der Waals surface area contributed by atoms with Crippen molar-refractivity contribution in [1.82, 2.24) is 20.3 Å². The van der Waals surface area contributed by atoms with Gasteiger partial charge in [0, 0.05) is 69.0 Å². The fourth-order valence-electron chi connectivity index (χ4n) is 5.45. The lowest BCUT2D eigenvalue weighted by Crippen LogP contribution is -2.53. The predicted octanol–water partition coefficient (Wildman–Crippen LogP) is 4.02. The van der Waals surface area contributed by atoms with Crippen LogP contribution in [0.15, 0.2) is 78.9 Å². The van der Waals surface area contributed by atoms with Crippen molar-refractivity contribution in [3.8, 4) is 0 Å². The molecule has 0 atom stereocenters. The van der Waals surface area contributed by atoms with Gasteiger partial charge in [-0.15, -0.1) is 0 Å². The maximum atomic E-state index is 12.9. The van der Waals surface area contributed by atoms with Crippen molar-refractivity contribution in [3.05, 3.63) is 84.4 Å². The molecule has 0 radical (unpaired) electrons. The number of rotatable bonds is 6. The molecule has 0 aliphatic carbocycles. The number of para-hydroxylation sites is 3. The number of aromatic nitrogens is 2. The normalized spacial score (nSPS) is 15.6. The largest absolute Gasteiger partial charge is 0.368 e. The summed E-state index contributed by atoms with van der Waals surface area (Å²) in [6.45, 7) is 7.42. The zero-order valence-electron chi connectivity index (χ0n) is 23.2. The van der Waals surface area contributed by atoms with Crippen molar-refractivity contribution in [3.63, 3.8) is 0 Å². The Kier molecular flexibility index (Phi) is 7.53. The van der Waals surface area contributed by atoms with E-state index in [2.05, 4.69) is 55.9 Å². The summed E-state index contributed by atoms with van der Waals surface area (Å²) < 4.78 is 0. The lowest BCUT2D eigenvalue weighted by atomic mass is 10.1. The first-order valence-corrected chi connectivity index (χ1v) is 14.0. The van der Waals surface area contributed by atoms with Crippen molar-refractivity contribution < 1.29 is 9.59 Å². The fourth-order valence-corrected chi connectivity index (χ4v) is 5.45. The molecule has 0 spiro atoms.